The Labute approximate surface area is 129 Å². The molecule has 1 nitrogen and oxygen atoms in total. The van der Waals surface area contributed by atoms with Crippen LogP contribution in [-0.2, 0) is 6.42 Å². The highest BCUT2D eigenvalue weighted by molar-refractivity contribution is 6.39. The molecular weight excluding hydrogens is 291 g/mol. The SMILES string of the molecule is Cc1ccc(CCC(=O)c2c(Cl)cccc2Cl)c(C)c1. The number of carbonyl (C=O) groups is 1. The number of benzene rings is 2. The van der Waals surface area contributed by atoms with Crippen molar-refractivity contribution in [1.29, 1.82) is 0 Å². The maximum absolute atomic E-state index is 12.3. The molecular formula is C17H16Cl2O. The van der Waals surface area contributed by atoms with Gasteiger partial charge in [-0.25, -0.2) is 0 Å². The second kappa shape index (κ2) is 6.43. The topological polar surface area (TPSA) is 17.1 Å². The van der Waals surface area contributed by atoms with E-state index in [9.17, 15) is 4.79 Å². The summed E-state index contributed by atoms with van der Waals surface area (Å²) in [5.41, 5.74) is 4.06. The maximum Gasteiger partial charge on any atom is 0.166 e. The van der Waals surface area contributed by atoms with E-state index in [1.807, 2.05) is 0 Å². The van der Waals surface area contributed by atoms with Crippen molar-refractivity contribution in [3.05, 3.63) is 68.7 Å². The standard InChI is InChI=1S/C17H16Cl2O/c1-11-6-7-13(12(2)10-11)8-9-16(20)17-14(18)4-3-5-15(17)19/h3-7,10H,8-9H2,1-2H3. The van der Waals surface area contributed by atoms with Gasteiger partial charge in [0, 0.05) is 6.42 Å². The molecule has 2 aromatic carbocycles. The summed E-state index contributed by atoms with van der Waals surface area (Å²) in [7, 11) is 0. The molecule has 0 spiro atoms. The van der Waals surface area contributed by atoms with Crippen LogP contribution < -0.4 is 0 Å². The number of hydrogen-bond acceptors (Lipinski definition) is 1. The quantitative estimate of drug-likeness (QED) is 0.689. The number of halogens is 2. The molecule has 0 aromatic heterocycles. The molecule has 0 aliphatic rings. The van der Waals surface area contributed by atoms with Crippen molar-refractivity contribution in [2.45, 2.75) is 26.7 Å². The number of carbonyl (C=O) groups excluding carboxylic acids is 1. The predicted octanol–water partition coefficient (Wildman–Crippen LogP) is 5.43. The van der Waals surface area contributed by atoms with Crippen LogP contribution in [0.5, 0.6) is 0 Å². The predicted molar refractivity (Wildman–Crippen MR) is 85.0 cm³/mol. The van der Waals surface area contributed by atoms with Crippen molar-refractivity contribution in [1.82, 2.24) is 0 Å². The van der Waals surface area contributed by atoms with Crippen LogP contribution in [0.2, 0.25) is 10.0 Å². The lowest BCUT2D eigenvalue weighted by molar-refractivity contribution is 0.0983. The molecule has 0 aliphatic heterocycles. The summed E-state index contributed by atoms with van der Waals surface area (Å²) in [5.74, 6) is -0.0134. The van der Waals surface area contributed by atoms with E-state index in [-0.39, 0.29) is 5.78 Å². The van der Waals surface area contributed by atoms with Gasteiger partial charge in [-0.05, 0) is 43.5 Å². The van der Waals surface area contributed by atoms with Crippen LogP contribution in [0.25, 0.3) is 0 Å². The smallest absolute Gasteiger partial charge is 0.166 e. The van der Waals surface area contributed by atoms with Crippen LogP contribution in [0.3, 0.4) is 0 Å². The fourth-order valence-corrected chi connectivity index (χ4v) is 2.87. The molecule has 2 aromatic rings. The van der Waals surface area contributed by atoms with Crippen molar-refractivity contribution >= 4 is 29.0 Å². The molecule has 0 aliphatic carbocycles. The van der Waals surface area contributed by atoms with E-state index in [1.54, 1.807) is 18.2 Å². The highest BCUT2D eigenvalue weighted by Gasteiger charge is 2.14. The van der Waals surface area contributed by atoms with Crippen LogP contribution in [-0.4, -0.2) is 5.78 Å². The Balaban J connectivity index is 2.13. The van der Waals surface area contributed by atoms with E-state index in [0.717, 1.165) is 0 Å². The molecule has 0 fully saturated rings. The molecule has 0 heterocycles. The highest BCUT2D eigenvalue weighted by atomic mass is 35.5. The third kappa shape index (κ3) is 3.41. The largest absolute Gasteiger partial charge is 0.294 e. The molecule has 0 radical (unpaired) electrons. The van der Waals surface area contributed by atoms with E-state index in [0.29, 0.717) is 28.5 Å². The van der Waals surface area contributed by atoms with Gasteiger partial charge in [0.2, 0.25) is 0 Å². The lowest BCUT2D eigenvalue weighted by Gasteiger charge is -2.08. The second-order valence-electron chi connectivity index (χ2n) is 4.95. The molecule has 0 unspecified atom stereocenters. The number of aryl methyl sites for hydroxylation is 3. The van der Waals surface area contributed by atoms with Crippen molar-refractivity contribution in [2.24, 2.45) is 0 Å². The molecule has 0 amide bonds. The lowest BCUT2D eigenvalue weighted by atomic mass is 9.98. The first kappa shape index (κ1) is 15.1. The third-order valence-corrected chi connectivity index (χ3v) is 3.99. The third-order valence-electron chi connectivity index (χ3n) is 3.36. The van der Waals surface area contributed by atoms with Crippen LogP contribution in [0.1, 0.15) is 33.5 Å². The second-order valence-corrected chi connectivity index (χ2v) is 5.76. The normalized spacial score (nSPS) is 10.6. The summed E-state index contributed by atoms with van der Waals surface area (Å²) >= 11 is 12.1. The van der Waals surface area contributed by atoms with E-state index >= 15 is 0 Å². The van der Waals surface area contributed by atoms with E-state index in [1.165, 1.54) is 16.7 Å². The Morgan fingerprint density at radius 3 is 2.30 bits per heavy atom. The van der Waals surface area contributed by atoms with Crippen LogP contribution >= 0.6 is 23.2 Å². The number of ketones is 1. The number of rotatable bonds is 4. The van der Waals surface area contributed by atoms with Gasteiger partial charge in [-0.15, -0.1) is 0 Å². The minimum atomic E-state index is -0.0134. The Morgan fingerprint density at radius 1 is 1.05 bits per heavy atom. The summed E-state index contributed by atoms with van der Waals surface area (Å²) < 4.78 is 0. The summed E-state index contributed by atoms with van der Waals surface area (Å²) in [6, 6.07) is 11.4. The summed E-state index contributed by atoms with van der Waals surface area (Å²) in [6.45, 7) is 4.13. The van der Waals surface area contributed by atoms with Crippen LogP contribution in [0, 0.1) is 13.8 Å². The van der Waals surface area contributed by atoms with E-state index in [2.05, 4.69) is 32.0 Å². The Hall–Kier alpha value is -1.31. The zero-order valence-electron chi connectivity index (χ0n) is 11.5. The summed E-state index contributed by atoms with van der Waals surface area (Å²) in [4.78, 5) is 12.3. The fraction of sp³-hybridized carbons (Fsp3) is 0.235. The van der Waals surface area contributed by atoms with Gasteiger partial charge >= 0.3 is 0 Å². The lowest BCUT2D eigenvalue weighted by Crippen LogP contribution is -2.04. The molecule has 3 heteroatoms. The van der Waals surface area contributed by atoms with Crippen molar-refractivity contribution in [2.75, 3.05) is 0 Å². The van der Waals surface area contributed by atoms with Crippen molar-refractivity contribution in [3.8, 4) is 0 Å². The van der Waals surface area contributed by atoms with E-state index < -0.39 is 0 Å². The average molecular weight is 307 g/mol. The zero-order valence-corrected chi connectivity index (χ0v) is 13.1. The van der Waals surface area contributed by atoms with Gasteiger partial charge in [-0.2, -0.15) is 0 Å². The molecule has 0 saturated heterocycles. The molecule has 0 atom stereocenters. The molecule has 20 heavy (non-hydrogen) atoms. The Bertz CT molecular complexity index is 627. The monoisotopic (exact) mass is 306 g/mol. The van der Waals surface area contributed by atoms with Gasteiger partial charge < -0.3 is 0 Å². The minimum Gasteiger partial charge on any atom is -0.294 e. The molecule has 0 N–H and O–H groups in total. The summed E-state index contributed by atoms with van der Waals surface area (Å²) in [6.07, 6.45) is 1.11. The zero-order chi connectivity index (χ0) is 14.7. The van der Waals surface area contributed by atoms with Gasteiger partial charge in [-0.1, -0.05) is 53.0 Å². The minimum absolute atomic E-state index is 0.0134. The van der Waals surface area contributed by atoms with Gasteiger partial charge in [0.15, 0.2) is 5.78 Å². The van der Waals surface area contributed by atoms with E-state index in [4.69, 9.17) is 23.2 Å². The molecule has 0 bridgehead atoms. The van der Waals surface area contributed by atoms with Gasteiger partial charge in [0.05, 0.1) is 15.6 Å². The fourth-order valence-electron chi connectivity index (χ4n) is 2.26. The van der Waals surface area contributed by atoms with Crippen molar-refractivity contribution in [3.63, 3.8) is 0 Å². The van der Waals surface area contributed by atoms with Gasteiger partial charge in [-0.3, -0.25) is 4.79 Å². The van der Waals surface area contributed by atoms with Gasteiger partial charge in [0.1, 0.15) is 0 Å². The van der Waals surface area contributed by atoms with Gasteiger partial charge in [0.25, 0.3) is 0 Å². The van der Waals surface area contributed by atoms with Crippen LogP contribution in [0.4, 0.5) is 0 Å². The first-order valence-electron chi connectivity index (χ1n) is 6.52. The van der Waals surface area contributed by atoms with Crippen molar-refractivity contribution < 1.29 is 4.79 Å². The van der Waals surface area contributed by atoms with Crippen LogP contribution in [0.15, 0.2) is 36.4 Å². The number of hydrogen-bond donors (Lipinski definition) is 0. The average Bonchev–Trinajstić information content (AvgIpc) is 2.37. The first-order chi connectivity index (χ1) is 9.49. The highest BCUT2D eigenvalue weighted by Crippen LogP contribution is 2.26. The number of Topliss-reactive ketones (excluding diaryl/α,β-unsaturated/α-hetero) is 1. The molecule has 2 rings (SSSR count). The Kier molecular flexibility index (Phi) is 4.85. The first-order valence-corrected chi connectivity index (χ1v) is 7.28. The summed E-state index contributed by atoms with van der Waals surface area (Å²) in [5, 5.41) is 0.839. The molecule has 0 saturated carbocycles. The Morgan fingerprint density at radius 2 is 1.70 bits per heavy atom. The maximum atomic E-state index is 12.3. The molecule has 104 valence electrons.